The quantitative estimate of drug-likeness (QED) is 0.747. The Labute approximate surface area is 124 Å². The second kappa shape index (κ2) is 6.99. The van der Waals surface area contributed by atoms with Gasteiger partial charge in [0, 0.05) is 17.1 Å². The van der Waals surface area contributed by atoms with Crippen LogP contribution in [0.1, 0.15) is 32.1 Å². The normalized spacial score (nSPS) is 17.5. The molecule has 0 aromatic heterocycles. The maximum absolute atomic E-state index is 11.8. The summed E-state index contributed by atoms with van der Waals surface area (Å²) in [4.78, 5) is 13.0. The number of thioether (sulfide) groups is 1. The lowest BCUT2D eigenvalue weighted by atomic mass is 9.85. The zero-order valence-electron chi connectivity index (χ0n) is 11.8. The fourth-order valence-corrected chi connectivity index (χ4v) is 2.89. The molecule has 1 aliphatic carbocycles. The standard InChI is InChI=1S/C15H22N2O2S/c1-20-13-7-5-12(6-8-13)17-14(18)16-11-15(19)9-3-2-4-10-15/h5-8,19H,2-4,9-11H2,1H3,(H2,16,17,18). The zero-order valence-corrected chi connectivity index (χ0v) is 12.6. The van der Waals surface area contributed by atoms with Crippen LogP contribution < -0.4 is 10.6 Å². The Morgan fingerprint density at radius 1 is 1.25 bits per heavy atom. The molecule has 3 N–H and O–H groups in total. The molecule has 0 atom stereocenters. The van der Waals surface area contributed by atoms with Crippen LogP contribution in [0.5, 0.6) is 0 Å². The van der Waals surface area contributed by atoms with E-state index < -0.39 is 5.60 Å². The van der Waals surface area contributed by atoms with Gasteiger partial charge in [-0.2, -0.15) is 0 Å². The third-order valence-corrected chi connectivity index (χ3v) is 4.45. The number of hydrogen-bond donors (Lipinski definition) is 3. The molecule has 0 radical (unpaired) electrons. The third-order valence-electron chi connectivity index (χ3n) is 3.71. The van der Waals surface area contributed by atoms with Crippen LogP contribution in [0, 0.1) is 0 Å². The summed E-state index contributed by atoms with van der Waals surface area (Å²) in [6, 6.07) is 7.42. The molecule has 5 heteroatoms. The molecule has 4 nitrogen and oxygen atoms in total. The molecule has 1 aromatic carbocycles. The van der Waals surface area contributed by atoms with Crippen molar-refractivity contribution in [3.05, 3.63) is 24.3 Å². The highest BCUT2D eigenvalue weighted by molar-refractivity contribution is 7.98. The van der Waals surface area contributed by atoms with Gasteiger partial charge < -0.3 is 15.7 Å². The Balaban J connectivity index is 1.79. The van der Waals surface area contributed by atoms with Gasteiger partial charge in [-0.1, -0.05) is 19.3 Å². The topological polar surface area (TPSA) is 61.4 Å². The van der Waals surface area contributed by atoms with Crippen LogP contribution in [0.15, 0.2) is 29.2 Å². The van der Waals surface area contributed by atoms with Crippen LogP contribution >= 0.6 is 11.8 Å². The van der Waals surface area contributed by atoms with E-state index in [-0.39, 0.29) is 6.03 Å². The smallest absolute Gasteiger partial charge is 0.319 e. The molecule has 1 saturated carbocycles. The van der Waals surface area contributed by atoms with Gasteiger partial charge in [0.05, 0.1) is 5.60 Å². The Morgan fingerprint density at radius 3 is 2.50 bits per heavy atom. The summed E-state index contributed by atoms with van der Waals surface area (Å²) >= 11 is 1.66. The van der Waals surface area contributed by atoms with Crippen LogP contribution in [0.4, 0.5) is 10.5 Å². The van der Waals surface area contributed by atoms with Crippen molar-refractivity contribution in [3.63, 3.8) is 0 Å². The molecular weight excluding hydrogens is 272 g/mol. The van der Waals surface area contributed by atoms with Gasteiger partial charge in [0.1, 0.15) is 0 Å². The van der Waals surface area contributed by atoms with Crippen LogP contribution in [-0.4, -0.2) is 29.5 Å². The van der Waals surface area contributed by atoms with Crippen molar-refractivity contribution in [2.75, 3.05) is 18.1 Å². The number of anilines is 1. The minimum absolute atomic E-state index is 0.263. The van der Waals surface area contributed by atoms with Gasteiger partial charge in [-0.05, 0) is 43.4 Å². The predicted octanol–water partition coefficient (Wildman–Crippen LogP) is 3.23. The fraction of sp³-hybridized carbons (Fsp3) is 0.533. The first-order valence-corrected chi connectivity index (χ1v) is 8.25. The molecule has 0 heterocycles. The molecular formula is C15H22N2O2S. The lowest BCUT2D eigenvalue weighted by Crippen LogP contribution is -2.45. The average Bonchev–Trinajstić information content (AvgIpc) is 2.47. The van der Waals surface area contributed by atoms with Crippen molar-refractivity contribution in [2.45, 2.75) is 42.6 Å². The number of carbonyl (C=O) groups is 1. The summed E-state index contributed by atoms with van der Waals surface area (Å²) in [7, 11) is 0. The second-order valence-corrected chi connectivity index (χ2v) is 6.20. The monoisotopic (exact) mass is 294 g/mol. The number of benzene rings is 1. The van der Waals surface area contributed by atoms with E-state index in [1.54, 1.807) is 11.8 Å². The van der Waals surface area contributed by atoms with Gasteiger partial charge in [-0.3, -0.25) is 0 Å². The van der Waals surface area contributed by atoms with E-state index in [0.717, 1.165) is 36.3 Å². The zero-order chi connectivity index (χ0) is 14.4. The molecule has 1 aliphatic rings. The number of nitrogens with one attached hydrogen (secondary N) is 2. The van der Waals surface area contributed by atoms with E-state index in [1.807, 2.05) is 30.5 Å². The van der Waals surface area contributed by atoms with Gasteiger partial charge >= 0.3 is 6.03 Å². The predicted molar refractivity (Wildman–Crippen MR) is 83.3 cm³/mol. The van der Waals surface area contributed by atoms with Gasteiger partial charge in [0.15, 0.2) is 0 Å². The van der Waals surface area contributed by atoms with Crippen LogP contribution in [0.3, 0.4) is 0 Å². The van der Waals surface area contributed by atoms with E-state index in [0.29, 0.717) is 6.54 Å². The van der Waals surface area contributed by atoms with E-state index in [9.17, 15) is 9.90 Å². The molecule has 0 spiro atoms. The van der Waals surface area contributed by atoms with Crippen molar-refractivity contribution in [1.82, 2.24) is 5.32 Å². The summed E-state index contributed by atoms with van der Waals surface area (Å²) in [5, 5.41) is 15.9. The summed E-state index contributed by atoms with van der Waals surface area (Å²) in [6.07, 6.45) is 6.81. The third kappa shape index (κ3) is 4.42. The molecule has 0 bridgehead atoms. The summed E-state index contributed by atoms with van der Waals surface area (Å²) in [6.45, 7) is 0.321. The number of carbonyl (C=O) groups excluding carboxylic acids is 1. The Kier molecular flexibility index (Phi) is 5.31. The lowest BCUT2D eigenvalue weighted by Gasteiger charge is -2.32. The number of amides is 2. The van der Waals surface area contributed by atoms with E-state index in [4.69, 9.17) is 0 Å². The molecule has 2 rings (SSSR count). The van der Waals surface area contributed by atoms with Crippen molar-refractivity contribution < 1.29 is 9.90 Å². The van der Waals surface area contributed by atoms with Crippen molar-refractivity contribution in [2.24, 2.45) is 0 Å². The van der Waals surface area contributed by atoms with Gasteiger partial charge in [-0.15, -0.1) is 11.8 Å². The van der Waals surface area contributed by atoms with E-state index in [1.165, 1.54) is 6.42 Å². The average molecular weight is 294 g/mol. The molecule has 20 heavy (non-hydrogen) atoms. The molecule has 1 fully saturated rings. The van der Waals surface area contributed by atoms with Crippen LogP contribution in [-0.2, 0) is 0 Å². The SMILES string of the molecule is CSc1ccc(NC(=O)NCC2(O)CCCCC2)cc1. The maximum Gasteiger partial charge on any atom is 0.319 e. The highest BCUT2D eigenvalue weighted by Gasteiger charge is 2.29. The van der Waals surface area contributed by atoms with E-state index in [2.05, 4.69) is 10.6 Å². The van der Waals surface area contributed by atoms with Gasteiger partial charge in [-0.25, -0.2) is 4.79 Å². The van der Waals surface area contributed by atoms with Crippen molar-refractivity contribution >= 4 is 23.5 Å². The highest BCUT2D eigenvalue weighted by Crippen LogP contribution is 2.27. The lowest BCUT2D eigenvalue weighted by molar-refractivity contribution is 0.00755. The van der Waals surface area contributed by atoms with Crippen molar-refractivity contribution in [1.29, 1.82) is 0 Å². The van der Waals surface area contributed by atoms with E-state index >= 15 is 0 Å². The Bertz CT molecular complexity index is 442. The first-order valence-electron chi connectivity index (χ1n) is 7.03. The molecule has 0 unspecified atom stereocenters. The fourth-order valence-electron chi connectivity index (χ4n) is 2.48. The first-order chi connectivity index (χ1) is 9.61. The molecule has 110 valence electrons. The summed E-state index contributed by atoms with van der Waals surface area (Å²) in [5.74, 6) is 0. The highest BCUT2D eigenvalue weighted by atomic mass is 32.2. The first kappa shape index (κ1) is 15.2. The molecule has 0 aliphatic heterocycles. The molecule has 1 aromatic rings. The van der Waals surface area contributed by atoms with Gasteiger partial charge in [0.2, 0.25) is 0 Å². The van der Waals surface area contributed by atoms with Crippen LogP contribution in [0.2, 0.25) is 0 Å². The maximum atomic E-state index is 11.8. The van der Waals surface area contributed by atoms with Gasteiger partial charge in [0.25, 0.3) is 0 Å². The van der Waals surface area contributed by atoms with Crippen molar-refractivity contribution in [3.8, 4) is 0 Å². The molecule has 0 saturated heterocycles. The minimum Gasteiger partial charge on any atom is -0.388 e. The largest absolute Gasteiger partial charge is 0.388 e. The Morgan fingerprint density at radius 2 is 1.90 bits per heavy atom. The summed E-state index contributed by atoms with van der Waals surface area (Å²) in [5.41, 5.74) is 0.0362. The number of urea groups is 1. The number of rotatable bonds is 4. The minimum atomic E-state index is -0.724. The number of aliphatic hydroxyl groups is 1. The Hall–Kier alpha value is -1.20. The molecule has 2 amide bonds. The van der Waals surface area contributed by atoms with Crippen LogP contribution in [0.25, 0.3) is 0 Å². The number of hydrogen-bond acceptors (Lipinski definition) is 3. The second-order valence-electron chi connectivity index (χ2n) is 5.32. The summed E-state index contributed by atoms with van der Waals surface area (Å²) < 4.78 is 0.